The number of benzene rings is 2. The van der Waals surface area contributed by atoms with Gasteiger partial charge in [-0.05, 0) is 54.8 Å². The fraction of sp³-hybridized carbons (Fsp3) is 0.435. The number of amides is 1. The average molecular weight is 462 g/mol. The molecule has 4 rings (SSSR count). The zero-order valence-electron chi connectivity index (χ0n) is 17.7. The lowest BCUT2D eigenvalue weighted by Crippen LogP contribution is -2.50. The van der Waals surface area contributed by atoms with Crippen molar-refractivity contribution in [2.45, 2.75) is 25.9 Å². The molecule has 2 heterocycles. The van der Waals surface area contributed by atoms with Gasteiger partial charge in [-0.3, -0.25) is 14.6 Å². The van der Waals surface area contributed by atoms with Crippen LogP contribution in [0.3, 0.4) is 0 Å². The Labute approximate surface area is 189 Å². The zero-order valence-corrected chi connectivity index (χ0v) is 19.3. The van der Waals surface area contributed by atoms with Crippen molar-refractivity contribution in [3.8, 4) is 0 Å². The maximum Gasteiger partial charge on any atom is 0.255 e. The molecule has 2 fully saturated rings. The van der Waals surface area contributed by atoms with Gasteiger partial charge >= 0.3 is 0 Å². The van der Waals surface area contributed by atoms with Crippen LogP contribution in [0.2, 0.25) is 5.02 Å². The van der Waals surface area contributed by atoms with Gasteiger partial charge in [0, 0.05) is 55.0 Å². The summed E-state index contributed by atoms with van der Waals surface area (Å²) in [5.74, 6) is 0.495. The van der Waals surface area contributed by atoms with Crippen molar-refractivity contribution in [2.24, 2.45) is 0 Å². The minimum absolute atomic E-state index is 0.145. The number of aryl methyl sites for hydroxylation is 1. The summed E-state index contributed by atoms with van der Waals surface area (Å²) in [4.78, 5) is 17.2. The van der Waals surface area contributed by atoms with Gasteiger partial charge in [-0.15, -0.1) is 0 Å². The summed E-state index contributed by atoms with van der Waals surface area (Å²) in [7, 11) is -2.84. The van der Waals surface area contributed by atoms with E-state index in [-0.39, 0.29) is 11.9 Å². The number of halogens is 1. The van der Waals surface area contributed by atoms with Crippen molar-refractivity contribution in [1.29, 1.82) is 0 Å². The van der Waals surface area contributed by atoms with Crippen molar-refractivity contribution >= 4 is 33.0 Å². The van der Waals surface area contributed by atoms with Crippen LogP contribution in [0, 0.1) is 6.92 Å². The first-order valence-corrected chi connectivity index (χ1v) is 12.8. The third-order valence-electron chi connectivity index (χ3n) is 6.17. The van der Waals surface area contributed by atoms with E-state index in [4.69, 9.17) is 11.6 Å². The van der Waals surface area contributed by atoms with Gasteiger partial charge < -0.3 is 5.32 Å². The number of hydrogen-bond acceptors (Lipinski definition) is 5. The molecular weight excluding hydrogens is 434 g/mol. The molecule has 2 aromatic carbocycles. The molecule has 8 heteroatoms. The molecule has 6 nitrogen and oxygen atoms in total. The molecule has 0 radical (unpaired) electrons. The van der Waals surface area contributed by atoms with E-state index in [0.29, 0.717) is 22.1 Å². The smallest absolute Gasteiger partial charge is 0.255 e. The Hall–Kier alpha value is -1.93. The average Bonchev–Trinajstić information content (AvgIpc) is 3.11. The standard InChI is InChI=1S/C23H28ClN3O3S/c1-17-14-20(6-7-22(17)24)25-23(28)19-4-2-18(3-5-19)15-26-9-11-27(12-10-26)21-8-13-31(29,30)16-21/h2-7,14,21H,8-13,15-16H2,1H3,(H,25,28)/t21-/m1/s1. The van der Waals surface area contributed by atoms with Crippen LogP contribution in [-0.2, 0) is 16.4 Å². The lowest BCUT2D eigenvalue weighted by atomic mass is 10.1. The molecule has 0 aliphatic carbocycles. The van der Waals surface area contributed by atoms with Gasteiger partial charge in [0.15, 0.2) is 9.84 Å². The van der Waals surface area contributed by atoms with Gasteiger partial charge in [0.1, 0.15) is 0 Å². The SMILES string of the molecule is Cc1cc(NC(=O)c2ccc(CN3CCN([C@@H]4CCS(=O)(=O)C4)CC3)cc2)ccc1Cl. The van der Waals surface area contributed by atoms with Crippen molar-refractivity contribution in [3.05, 3.63) is 64.2 Å². The van der Waals surface area contributed by atoms with Crippen molar-refractivity contribution in [2.75, 3.05) is 43.0 Å². The van der Waals surface area contributed by atoms with Crippen molar-refractivity contribution in [3.63, 3.8) is 0 Å². The predicted octanol–water partition coefficient (Wildman–Crippen LogP) is 3.21. The number of nitrogens with one attached hydrogen (secondary N) is 1. The summed E-state index contributed by atoms with van der Waals surface area (Å²) >= 11 is 6.04. The number of nitrogens with zero attached hydrogens (tertiary/aromatic N) is 2. The van der Waals surface area contributed by atoms with E-state index in [1.165, 1.54) is 0 Å². The molecular formula is C23H28ClN3O3S. The van der Waals surface area contributed by atoms with Crippen LogP contribution >= 0.6 is 11.6 Å². The topological polar surface area (TPSA) is 69.7 Å². The Morgan fingerprint density at radius 1 is 1.10 bits per heavy atom. The van der Waals surface area contributed by atoms with Gasteiger partial charge in [0.05, 0.1) is 11.5 Å². The summed E-state index contributed by atoms with van der Waals surface area (Å²) in [6.07, 6.45) is 0.765. The van der Waals surface area contributed by atoms with Crippen molar-refractivity contribution < 1.29 is 13.2 Å². The van der Waals surface area contributed by atoms with Crippen LogP contribution < -0.4 is 5.32 Å². The minimum Gasteiger partial charge on any atom is -0.322 e. The fourth-order valence-corrected chi connectivity index (χ4v) is 6.17. The molecule has 31 heavy (non-hydrogen) atoms. The zero-order chi connectivity index (χ0) is 22.0. The monoisotopic (exact) mass is 461 g/mol. The maximum atomic E-state index is 12.5. The molecule has 2 saturated heterocycles. The Morgan fingerprint density at radius 2 is 1.81 bits per heavy atom. The highest BCUT2D eigenvalue weighted by atomic mass is 35.5. The molecule has 0 unspecified atom stereocenters. The first-order valence-electron chi connectivity index (χ1n) is 10.6. The van der Waals surface area contributed by atoms with E-state index in [1.54, 1.807) is 12.1 Å². The molecule has 1 N–H and O–H groups in total. The number of anilines is 1. The van der Waals surface area contributed by atoms with Crippen LogP contribution in [0.1, 0.15) is 27.9 Å². The Bertz CT molecular complexity index is 1050. The highest BCUT2D eigenvalue weighted by molar-refractivity contribution is 7.91. The molecule has 0 bridgehead atoms. The second kappa shape index (κ2) is 9.28. The number of piperazine rings is 1. The first-order chi connectivity index (χ1) is 14.8. The second-order valence-electron chi connectivity index (χ2n) is 8.48. The quantitative estimate of drug-likeness (QED) is 0.740. The van der Waals surface area contributed by atoms with E-state index < -0.39 is 9.84 Å². The van der Waals surface area contributed by atoms with E-state index in [9.17, 15) is 13.2 Å². The first kappa shape index (κ1) is 22.3. The molecule has 0 spiro atoms. The lowest BCUT2D eigenvalue weighted by Gasteiger charge is -2.37. The second-order valence-corrected chi connectivity index (χ2v) is 11.1. The minimum atomic E-state index is -2.84. The largest absolute Gasteiger partial charge is 0.322 e. The van der Waals surface area contributed by atoms with E-state index in [2.05, 4.69) is 15.1 Å². The summed E-state index contributed by atoms with van der Waals surface area (Å²) in [5, 5.41) is 3.59. The fourth-order valence-electron chi connectivity index (χ4n) is 4.30. The molecule has 166 valence electrons. The van der Waals surface area contributed by atoms with E-state index in [0.717, 1.165) is 56.0 Å². The molecule has 0 aromatic heterocycles. The van der Waals surface area contributed by atoms with E-state index in [1.807, 2.05) is 37.3 Å². The number of rotatable bonds is 5. The number of carbonyl (C=O) groups is 1. The van der Waals surface area contributed by atoms with Crippen LogP contribution in [0.25, 0.3) is 0 Å². The third kappa shape index (κ3) is 5.66. The van der Waals surface area contributed by atoms with Crippen LogP contribution in [0.15, 0.2) is 42.5 Å². The van der Waals surface area contributed by atoms with Gasteiger partial charge in [0.25, 0.3) is 5.91 Å². The third-order valence-corrected chi connectivity index (χ3v) is 8.34. The maximum absolute atomic E-state index is 12.5. The number of carbonyl (C=O) groups excluding carboxylic acids is 1. The summed E-state index contributed by atoms with van der Waals surface area (Å²) in [6, 6.07) is 13.3. The Kier molecular flexibility index (Phi) is 6.67. The van der Waals surface area contributed by atoms with Gasteiger partial charge in [0.2, 0.25) is 0 Å². The summed E-state index contributed by atoms with van der Waals surface area (Å²) < 4.78 is 23.4. The molecule has 2 aliphatic rings. The summed E-state index contributed by atoms with van der Waals surface area (Å²) in [5.41, 5.74) is 3.42. The molecule has 0 saturated carbocycles. The molecule has 2 aliphatic heterocycles. The van der Waals surface area contributed by atoms with Gasteiger partial charge in [-0.1, -0.05) is 23.7 Å². The number of hydrogen-bond donors (Lipinski definition) is 1. The Morgan fingerprint density at radius 3 is 2.42 bits per heavy atom. The highest BCUT2D eigenvalue weighted by Crippen LogP contribution is 2.21. The normalized spacial score (nSPS) is 21.8. The Balaban J connectivity index is 1.28. The summed E-state index contributed by atoms with van der Waals surface area (Å²) in [6.45, 7) is 6.39. The van der Waals surface area contributed by atoms with E-state index >= 15 is 0 Å². The van der Waals surface area contributed by atoms with Crippen LogP contribution in [-0.4, -0.2) is 67.9 Å². The molecule has 1 amide bonds. The van der Waals surface area contributed by atoms with Gasteiger partial charge in [-0.2, -0.15) is 0 Å². The van der Waals surface area contributed by atoms with Crippen molar-refractivity contribution in [1.82, 2.24) is 9.80 Å². The van der Waals surface area contributed by atoms with Crippen LogP contribution in [0.5, 0.6) is 0 Å². The molecule has 2 aromatic rings. The van der Waals surface area contributed by atoms with Crippen LogP contribution in [0.4, 0.5) is 5.69 Å². The van der Waals surface area contributed by atoms with Gasteiger partial charge in [-0.25, -0.2) is 8.42 Å². The lowest BCUT2D eigenvalue weighted by molar-refractivity contribution is 0.1000. The molecule has 1 atom stereocenters. The highest BCUT2D eigenvalue weighted by Gasteiger charge is 2.33. The number of sulfone groups is 1. The predicted molar refractivity (Wildman–Crippen MR) is 124 cm³/mol.